The minimum absolute atomic E-state index is 0.364. The van der Waals surface area contributed by atoms with Gasteiger partial charge in [-0.1, -0.05) is 60.3 Å². The molecule has 0 aromatic carbocycles. The fourth-order valence-electron chi connectivity index (χ4n) is 4.80. The molecule has 2 unspecified atom stereocenters. The van der Waals surface area contributed by atoms with Crippen LogP contribution >= 0.6 is 11.1 Å². The second kappa shape index (κ2) is 13.5. The van der Waals surface area contributed by atoms with Crippen LogP contribution < -0.4 is 0 Å². The van der Waals surface area contributed by atoms with Crippen LogP contribution in [0, 0.1) is 0 Å². The second-order valence-electron chi connectivity index (χ2n) is 12.3. The molecule has 0 aromatic heterocycles. The summed E-state index contributed by atoms with van der Waals surface area (Å²) in [5.74, 6) is 0. The fraction of sp³-hybridized carbons (Fsp3) is 1.00. The van der Waals surface area contributed by atoms with Crippen LogP contribution in [0.3, 0.4) is 0 Å². The van der Waals surface area contributed by atoms with E-state index in [-0.39, 0.29) is 0 Å². The van der Waals surface area contributed by atoms with Crippen molar-refractivity contribution in [1.82, 2.24) is 0 Å². The first-order valence-electron chi connectivity index (χ1n) is 13.3. The van der Waals surface area contributed by atoms with Crippen molar-refractivity contribution in [2.75, 3.05) is 0 Å². The fourth-order valence-corrected chi connectivity index (χ4v) is 37.4. The largest absolute Gasteiger partial charge is 0.436 e. The van der Waals surface area contributed by atoms with Gasteiger partial charge < -0.3 is 20.6 Å². The molecule has 0 fully saturated rings. The van der Waals surface area contributed by atoms with Crippen molar-refractivity contribution in [3.05, 3.63) is 0 Å². The zero-order valence-electron chi connectivity index (χ0n) is 25.1. The maximum absolute atomic E-state index is 7.29. The summed E-state index contributed by atoms with van der Waals surface area (Å²) in [6.45, 7) is 32.8. The molecule has 0 aliphatic carbocycles. The van der Waals surface area contributed by atoms with Gasteiger partial charge in [0.15, 0.2) is 8.32 Å². The molecule has 0 rings (SSSR count). The summed E-state index contributed by atoms with van der Waals surface area (Å²) in [5, 5.41) is 0. The summed E-state index contributed by atoms with van der Waals surface area (Å²) in [4.78, 5) is 0. The molecule has 0 bridgehead atoms. The molecule has 0 heterocycles. The van der Waals surface area contributed by atoms with Crippen LogP contribution in [-0.4, -0.2) is 50.2 Å². The Hall–Kier alpha value is 1.39. The van der Waals surface area contributed by atoms with Gasteiger partial charge in [-0.05, 0) is 82.6 Å². The number of rotatable bonds is 17. The van der Waals surface area contributed by atoms with Crippen LogP contribution in [0.15, 0.2) is 0 Å². The van der Waals surface area contributed by atoms with Gasteiger partial charge in [0.1, 0.15) is 0 Å². The Balaban J connectivity index is 5.42. The van der Waals surface area contributed by atoms with Crippen molar-refractivity contribution < 1.29 is 20.6 Å². The first kappa shape index (κ1) is 35.4. The molecule has 0 saturated carbocycles. The van der Waals surface area contributed by atoms with Gasteiger partial charge in [0, 0.05) is 0 Å². The normalized spacial score (nSPS) is 18.0. The summed E-state index contributed by atoms with van der Waals surface area (Å²) in [6, 6.07) is 1.17. The van der Waals surface area contributed by atoms with Gasteiger partial charge in [-0.25, -0.2) is 0 Å². The molecule has 206 valence electrons. The van der Waals surface area contributed by atoms with Gasteiger partial charge in [0.05, 0.1) is 0 Å². The van der Waals surface area contributed by atoms with Crippen LogP contribution in [0.25, 0.3) is 0 Å². The van der Waals surface area contributed by atoms with E-state index in [1.807, 2.05) is 0 Å². The van der Waals surface area contributed by atoms with Gasteiger partial charge in [0.25, 0.3) is 7.63 Å². The maximum Gasteiger partial charge on any atom is 0.314 e. The van der Waals surface area contributed by atoms with Crippen LogP contribution in [0.4, 0.5) is 0 Å². The average Bonchev–Trinajstić information content (AvgIpc) is 2.60. The van der Waals surface area contributed by atoms with Crippen LogP contribution in [-0.2, 0) is 20.6 Å². The standard InChI is InChI=1S/C22H57ClO5Si6/c1-16-19-20-29(6,7)24-30(8,9)25-31(10,11)26-32(12,13)27-33(14,15)28-34(23,21(4)17-2)22(5)18-3/h21-22H,16-20H2,1-15H3. The summed E-state index contributed by atoms with van der Waals surface area (Å²) < 4.78 is 33.6. The molecule has 12 heteroatoms. The molecule has 34 heavy (non-hydrogen) atoms. The van der Waals surface area contributed by atoms with Crippen molar-refractivity contribution in [2.24, 2.45) is 0 Å². The van der Waals surface area contributed by atoms with E-state index in [1.54, 1.807) is 0 Å². The highest BCUT2D eigenvalue weighted by molar-refractivity contribution is 7.20. The third-order valence-electron chi connectivity index (χ3n) is 6.10. The molecule has 0 radical (unpaired) electrons. The van der Waals surface area contributed by atoms with Crippen LogP contribution in [0.5, 0.6) is 0 Å². The Morgan fingerprint density at radius 2 is 0.882 bits per heavy atom. The molecule has 0 aliphatic rings. The Morgan fingerprint density at radius 1 is 0.559 bits per heavy atom. The van der Waals surface area contributed by atoms with Crippen molar-refractivity contribution in [3.8, 4) is 0 Å². The van der Waals surface area contributed by atoms with Crippen LogP contribution in [0.2, 0.25) is 82.6 Å². The summed E-state index contributed by atoms with van der Waals surface area (Å²) in [5.41, 5.74) is 0.729. The highest BCUT2D eigenvalue weighted by Gasteiger charge is 2.51. The van der Waals surface area contributed by atoms with Crippen molar-refractivity contribution in [2.45, 2.75) is 143 Å². The zero-order valence-corrected chi connectivity index (χ0v) is 31.9. The lowest BCUT2D eigenvalue weighted by Gasteiger charge is -2.45. The molecule has 2 atom stereocenters. The van der Waals surface area contributed by atoms with Gasteiger partial charge in [-0.3, -0.25) is 0 Å². The Bertz CT molecular complexity index is 609. The van der Waals surface area contributed by atoms with Crippen molar-refractivity contribution in [3.63, 3.8) is 0 Å². The third kappa shape index (κ3) is 12.8. The van der Waals surface area contributed by atoms with E-state index < -0.39 is 50.2 Å². The quantitative estimate of drug-likeness (QED) is 0.122. The van der Waals surface area contributed by atoms with Crippen molar-refractivity contribution >= 4 is 61.3 Å². The van der Waals surface area contributed by atoms with E-state index in [2.05, 4.69) is 100 Å². The first-order chi connectivity index (χ1) is 15.1. The smallest absolute Gasteiger partial charge is 0.314 e. The second-order valence-corrected chi connectivity index (χ2v) is 36.7. The van der Waals surface area contributed by atoms with E-state index in [9.17, 15) is 0 Å². The topological polar surface area (TPSA) is 46.2 Å². The predicted octanol–water partition coefficient (Wildman–Crippen LogP) is 9.16. The van der Waals surface area contributed by atoms with Gasteiger partial charge in [-0.15, -0.1) is 11.1 Å². The average molecular weight is 606 g/mol. The van der Waals surface area contributed by atoms with Crippen LogP contribution in [0.1, 0.15) is 60.3 Å². The molecule has 0 N–H and O–H groups in total. The number of hydrogen-bond donors (Lipinski definition) is 0. The molecule has 0 spiro atoms. The Kier molecular flexibility index (Phi) is 14.0. The summed E-state index contributed by atoms with van der Waals surface area (Å²) in [7, 11) is -14.1. The number of hydrogen-bond acceptors (Lipinski definition) is 5. The third-order valence-corrected chi connectivity index (χ3v) is 33.3. The van der Waals surface area contributed by atoms with Gasteiger partial charge in [0.2, 0.25) is 0 Å². The lowest BCUT2D eigenvalue weighted by molar-refractivity contribution is 0.280. The van der Waals surface area contributed by atoms with Gasteiger partial charge >= 0.3 is 34.2 Å². The lowest BCUT2D eigenvalue weighted by atomic mass is 10.4. The van der Waals surface area contributed by atoms with E-state index in [0.717, 1.165) is 12.8 Å². The van der Waals surface area contributed by atoms with E-state index >= 15 is 0 Å². The molecular weight excluding hydrogens is 548 g/mol. The van der Waals surface area contributed by atoms with E-state index in [4.69, 9.17) is 31.7 Å². The van der Waals surface area contributed by atoms with E-state index in [0.29, 0.717) is 11.1 Å². The highest BCUT2D eigenvalue weighted by Crippen LogP contribution is 2.43. The number of unbranched alkanes of at least 4 members (excludes halogenated alkanes) is 1. The molecule has 0 saturated heterocycles. The zero-order chi connectivity index (χ0) is 27.2. The maximum atomic E-state index is 7.29. The Labute approximate surface area is 223 Å². The SMILES string of the molecule is CCCC[Si](C)(C)O[Si](C)(C)O[Si](C)(C)O[Si](C)(C)O[Si](C)(C)O[Si](Cl)(C(C)CC)C(C)CC. The molecule has 0 aromatic rings. The molecular formula is C22H57ClO5Si6. The molecule has 0 amide bonds. The predicted molar refractivity (Wildman–Crippen MR) is 164 cm³/mol. The minimum Gasteiger partial charge on any atom is -0.436 e. The first-order valence-corrected chi connectivity index (χ1v) is 30.7. The number of halogens is 1. The summed E-state index contributed by atoms with van der Waals surface area (Å²) >= 11 is 7.29. The highest BCUT2D eigenvalue weighted by atomic mass is 35.6. The lowest BCUT2D eigenvalue weighted by Crippen LogP contribution is -2.60. The molecule has 0 aliphatic heterocycles. The Morgan fingerprint density at radius 3 is 1.21 bits per heavy atom. The molecule has 5 nitrogen and oxygen atoms in total. The summed E-state index contributed by atoms with van der Waals surface area (Å²) in [6.07, 6.45) is 4.46. The van der Waals surface area contributed by atoms with E-state index in [1.165, 1.54) is 18.9 Å². The monoisotopic (exact) mass is 604 g/mol. The van der Waals surface area contributed by atoms with Gasteiger partial charge in [-0.2, -0.15) is 0 Å². The minimum atomic E-state index is -2.53. The van der Waals surface area contributed by atoms with Crippen molar-refractivity contribution in [1.29, 1.82) is 0 Å².